The number of sulfone groups is 1. The zero-order valence-corrected chi connectivity index (χ0v) is 13.8. The van der Waals surface area contributed by atoms with Gasteiger partial charge < -0.3 is 4.57 Å². The van der Waals surface area contributed by atoms with Crippen LogP contribution >= 0.6 is 23.2 Å². The largest absolute Gasteiger partial charge is 0.328 e. The zero-order chi connectivity index (χ0) is 15.0. The lowest BCUT2D eigenvalue weighted by Crippen LogP contribution is -2.15. The van der Waals surface area contributed by atoms with Crippen LogP contribution in [0.3, 0.4) is 0 Å². The van der Waals surface area contributed by atoms with Crippen molar-refractivity contribution in [2.24, 2.45) is 5.92 Å². The van der Waals surface area contributed by atoms with Crippen LogP contribution in [0.15, 0.2) is 18.2 Å². The summed E-state index contributed by atoms with van der Waals surface area (Å²) in [6, 6.07) is 5.60. The highest BCUT2D eigenvalue weighted by Crippen LogP contribution is 2.26. The molecule has 0 bridgehead atoms. The van der Waals surface area contributed by atoms with Crippen LogP contribution in [0.4, 0.5) is 0 Å². The summed E-state index contributed by atoms with van der Waals surface area (Å²) in [5.41, 5.74) is 1.83. The van der Waals surface area contributed by atoms with Crippen molar-refractivity contribution in [1.29, 1.82) is 0 Å². The van der Waals surface area contributed by atoms with Crippen molar-refractivity contribution in [3.63, 3.8) is 0 Å². The van der Waals surface area contributed by atoms with Gasteiger partial charge in [-0.1, -0.05) is 11.6 Å². The number of halogens is 2. The Balaban J connectivity index is 1.97. The van der Waals surface area contributed by atoms with E-state index >= 15 is 0 Å². The molecule has 1 aromatic carbocycles. The molecular weight excluding hydrogens is 331 g/mol. The monoisotopic (exact) mass is 346 g/mol. The van der Waals surface area contributed by atoms with Crippen molar-refractivity contribution in [2.75, 3.05) is 17.4 Å². The third-order valence-corrected chi connectivity index (χ3v) is 6.14. The number of imidazole rings is 1. The SMILES string of the molecule is O=S1(=O)CCC(Cn2c(CCCl)nc3cc(Cl)ccc32)C1. The molecule has 1 aliphatic rings. The van der Waals surface area contributed by atoms with E-state index in [4.69, 9.17) is 23.2 Å². The Labute approximate surface area is 134 Å². The number of hydrogen-bond acceptors (Lipinski definition) is 3. The Morgan fingerprint density at radius 2 is 2.19 bits per heavy atom. The Bertz CT molecular complexity index is 771. The van der Waals surface area contributed by atoms with Crippen molar-refractivity contribution in [3.05, 3.63) is 29.0 Å². The third kappa shape index (κ3) is 3.20. The molecule has 1 aromatic heterocycles. The van der Waals surface area contributed by atoms with E-state index in [0.29, 0.717) is 29.6 Å². The summed E-state index contributed by atoms with van der Waals surface area (Å²) in [7, 11) is -2.86. The fourth-order valence-electron chi connectivity index (χ4n) is 2.91. The third-order valence-electron chi connectivity index (χ3n) is 3.87. The van der Waals surface area contributed by atoms with Crippen LogP contribution in [-0.2, 0) is 22.8 Å². The van der Waals surface area contributed by atoms with E-state index in [1.165, 1.54) is 0 Å². The summed E-state index contributed by atoms with van der Waals surface area (Å²) in [5, 5.41) is 0.646. The van der Waals surface area contributed by atoms with Crippen molar-refractivity contribution < 1.29 is 8.42 Å². The Morgan fingerprint density at radius 1 is 1.38 bits per heavy atom. The number of rotatable bonds is 4. The van der Waals surface area contributed by atoms with Gasteiger partial charge >= 0.3 is 0 Å². The van der Waals surface area contributed by atoms with Gasteiger partial charge in [0.15, 0.2) is 9.84 Å². The molecule has 114 valence electrons. The molecule has 0 amide bonds. The van der Waals surface area contributed by atoms with Crippen LogP contribution < -0.4 is 0 Å². The first-order valence-electron chi connectivity index (χ1n) is 6.89. The van der Waals surface area contributed by atoms with Crippen LogP contribution in [0.1, 0.15) is 12.2 Å². The number of hydrogen-bond donors (Lipinski definition) is 0. The molecular formula is C14H16Cl2N2O2S. The topological polar surface area (TPSA) is 52.0 Å². The summed E-state index contributed by atoms with van der Waals surface area (Å²) in [4.78, 5) is 4.59. The van der Waals surface area contributed by atoms with Gasteiger partial charge in [-0.05, 0) is 30.5 Å². The Morgan fingerprint density at radius 3 is 2.86 bits per heavy atom. The molecule has 0 N–H and O–H groups in total. The molecule has 3 rings (SSSR count). The number of nitrogens with zero attached hydrogens (tertiary/aromatic N) is 2. The van der Waals surface area contributed by atoms with Gasteiger partial charge in [0.25, 0.3) is 0 Å². The smallest absolute Gasteiger partial charge is 0.150 e. The molecule has 0 saturated carbocycles. The molecule has 1 unspecified atom stereocenters. The molecule has 1 saturated heterocycles. The normalized spacial score (nSPS) is 21.1. The number of benzene rings is 1. The van der Waals surface area contributed by atoms with Crippen molar-refractivity contribution >= 4 is 44.1 Å². The fraction of sp³-hybridized carbons (Fsp3) is 0.500. The second-order valence-electron chi connectivity index (χ2n) is 5.48. The van der Waals surface area contributed by atoms with Crippen LogP contribution in [0.25, 0.3) is 11.0 Å². The van der Waals surface area contributed by atoms with Crippen molar-refractivity contribution in [2.45, 2.75) is 19.4 Å². The molecule has 1 aliphatic heterocycles. The van der Waals surface area contributed by atoms with Gasteiger partial charge in [0.05, 0.1) is 22.5 Å². The van der Waals surface area contributed by atoms with Gasteiger partial charge in [-0.3, -0.25) is 0 Å². The maximum Gasteiger partial charge on any atom is 0.150 e. The highest BCUT2D eigenvalue weighted by atomic mass is 35.5. The lowest BCUT2D eigenvalue weighted by Gasteiger charge is -2.13. The van der Waals surface area contributed by atoms with E-state index < -0.39 is 9.84 Å². The van der Waals surface area contributed by atoms with Crippen LogP contribution in [0, 0.1) is 5.92 Å². The van der Waals surface area contributed by atoms with E-state index in [1.54, 1.807) is 0 Å². The van der Waals surface area contributed by atoms with Gasteiger partial charge in [-0.2, -0.15) is 0 Å². The van der Waals surface area contributed by atoms with Gasteiger partial charge in [-0.15, -0.1) is 11.6 Å². The first-order valence-corrected chi connectivity index (χ1v) is 9.63. The summed E-state index contributed by atoms with van der Waals surface area (Å²) in [6.45, 7) is 0.670. The van der Waals surface area contributed by atoms with Crippen LogP contribution in [-0.4, -0.2) is 35.4 Å². The fourth-order valence-corrected chi connectivity index (χ4v) is 5.09. The minimum Gasteiger partial charge on any atom is -0.328 e. The highest BCUT2D eigenvalue weighted by molar-refractivity contribution is 7.91. The predicted molar refractivity (Wildman–Crippen MR) is 85.9 cm³/mol. The number of fused-ring (bicyclic) bond motifs is 1. The number of aromatic nitrogens is 2. The number of alkyl halides is 1. The maximum absolute atomic E-state index is 11.6. The standard InChI is InChI=1S/C14H16Cl2N2O2S/c15-5-3-14-17-12-7-11(16)1-2-13(12)18(14)8-10-4-6-21(19,20)9-10/h1-2,7,10H,3-6,8-9H2. The summed E-state index contributed by atoms with van der Waals surface area (Å²) < 4.78 is 25.3. The van der Waals surface area contributed by atoms with Gasteiger partial charge in [0, 0.05) is 23.9 Å². The Kier molecular flexibility index (Phi) is 4.17. The molecule has 7 heteroatoms. The summed E-state index contributed by atoms with van der Waals surface area (Å²) in [5.74, 6) is 2.09. The van der Waals surface area contributed by atoms with Crippen LogP contribution in [0.2, 0.25) is 5.02 Å². The summed E-state index contributed by atoms with van der Waals surface area (Å²) in [6.07, 6.45) is 1.38. The average molecular weight is 347 g/mol. The van der Waals surface area contributed by atoms with Gasteiger partial charge in [0.2, 0.25) is 0 Å². The molecule has 4 nitrogen and oxygen atoms in total. The average Bonchev–Trinajstić information content (AvgIpc) is 2.91. The molecule has 1 fully saturated rings. The predicted octanol–water partition coefficient (Wildman–Crippen LogP) is 2.91. The van der Waals surface area contributed by atoms with Crippen LogP contribution in [0.5, 0.6) is 0 Å². The Hall–Kier alpha value is -0.780. The lowest BCUT2D eigenvalue weighted by atomic mass is 10.1. The van der Waals surface area contributed by atoms with E-state index in [1.807, 2.05) is 18.2 Å². The number of aryl methyl sites for hydroxylation is 1. The van der Waals surface area contributed by atoms with Gasteiger partial charge in [0.1, 0.15) is 5.82 Å². The van der Waals surface area contributed by atoms with Gasteiger partial charge in [-0.25, -0.2) is 13.4 Å². The molecule has 1 atom stereocenters. The lowest BCUT2D eigenvalue weighted by molar-refractivity contribution is 0.488. The second-order valence-corrected chi connectivity index (χ2v) is 8.52. The molecule has 0 aliphatic carbocycles. The highest BCUT2D eigenvalue weighted by Gasteiger charge is 2.29. The van der Waals surface area contributed by atoms with E-state index in [9.17, 15) is 8.42 Å². The second kappa shape index (κ2) is 5.78. The quantitative estimate of drug-likeness (QED) is 0.799. The van der Waals surface area contributed by atoms with E-state index in [2.05, 4.69) is 9.55 Å². The molecule has 21 heavy (non-hydrogen) atoms. The van der Waals surface area contributed by atoms with E-state index in [0.717, 1.165) is 23.3 Å². The first kappa shape index (κ1) is 15.1. The van der Waals surface area contributed by atoms with E-state index in [-0.39, 0.29) is 11.7 Å². The zero-order valence-electron chi connectivity index (χ0n) is 11.4. The molecule has 0 radical (unpaired) electrons. The molecule has 0 spiro atoms. The van der Waals surface area contributed by atoms with Crippen molar-refractivity contribution in [3.8, 4) is 0 Å². The maximum atomic E-state index is 11.6. The minimum atomic E-state index is -2.86. The minimum absolute atomic E-state index is 0.150. The van der Waals surface area contributed by atoms with Crippen molar-refractivity contribution in [1.82, 2.24) is 9.55 Å². The first-order chi connectivity index (χ1) is 9.98. The molecule has 2 heterocycles. The summed E-state index contributed by atoms with van der Waals surface area (Å²) >= 11 is 11.9. The molecule has 2 aromatic rings.